The number of benzene rings is 1. The molecule has 1 aromatic heterocycles. The minimum absolute atomic E-state index is 0.00143. The molecule has 0 aliphatic heterocycles. The number of hydrogen-bond donors (Lipinski definition) is 1. The molecule has 0 spiro atoms. The number of ether oxygens (including phenoxy) is 1. The summed E-state index contributed by atoms with van der Waals surface area (Å²) in [6, 6.07) is 7.46. The van der Waals surface area contributed by atoms with Gasteiger partial charge in [0, 0.05) is 12.5 Å². The Morgan fingerprint density at radius 1 is 1.24 bits per heavy atom. The van der Waals surface area contributed by atoms with E-state index in [0.29, 0.717) is 11.3 Å². The topological polar surface area (TPSA) is 133 Å². The SMILES string of the molecule is CCOC(=O)c1cc([N+](=O)[O-])sc1NC(=O)CCCS(=O)(=O)c1ccc(C)cc1. The van der Waals surface area contributed by atoms with Crippen LogP contribution in [0.15, 0.2) is 35.2 Å². The number of sulfone groups is 1. The summed E-state index contributed by atoms with van der Waals surface area (Å²) in [5.74, 6) is -1.56. The lowest BCUT2D eigenvalue weighted by atomic mass is 10.2. The molecule has 0 unspecified atom stereocenters. The van der Waals surface area contributed by atoms with Crippen molar-refractivity contribution in [3.05, 3.63) is 51.6 Å². The third-order valence-electron chi connectivity index (χ3n) is 3.84. The number of carbonyl (C=O) groups excluding carboxylic acids is 2. The third kappa shape index (κ3) is 6.09. The molecule has 0 fully saturated rings. The van der Waals surface area contributed by atoms with Gasteiger partial charge in [-0.05, 0) is 43.7 Å². The van der Waals surface area contributed by atoms with Crippen LogP contribution in [0, 0.1) is 17.0 Å². The number of hydrogen-bond acceptors (Lipinski definition) is 8. The summed E-state index contributed by atoms with van der Waals surface area (Å²) in [5, 5.41) is 13.1. The van der Waals surface area contributed by atoms with Crippen molar-refractivity contribution in [1.82, 2.24) is 0 Å². The summed E-state index contributed by atoms with van der Waals surface area (Å²) < 4.78 is 29.5. The first-order chi connectivity index (χ1) is 13.6. The predicted octanol–water partition coefficient (Wildman–Crippen LogP) is 3.33. The van der Waals surface area contributed by atoms with Crippen molar-refractivity contribution in [2.45, 2.75) is 31.6 Å². The molecular weight excluding hydrogens is 420 g/mol. The number of anilines is 1. The summed E-state index contributed by atoms with van der Waals surface area (Å²) in [7, 11) is -3.52. The second kappa shape index (κ2) is 9.61. The number of nitrogens with zero attached hydrogens (tertiary/aromatic N) is 1. The summed E-state index contributed by atoms with van der Waals surface area (Å²) in [4.78, 5) is 34.6. The molecule has 9 nitrogen and oxygen atoms in total. The zero-order valence-corrected chi connectivity index (χ0v) is 17.5. The van der Waals surface area contributed by atoms with Gasteiger partial charge in [-0.1, -0.05) is 17.7 Å². The number of nitro groups is 1. The summed E-state index contributed by atoms with van der Waals surface area (Å²) in [6.45, 7) is 3.51. The smallest absolute Gasteiger partial charge is 0.341 e. The quantitative estimate of drug-likeness (QED) is 0.359. The van der Waals surface area contributed by atoms with Gasteiger partial charge in [-0.25, -0.2) is 13.2 Å². The van der Waals surface area contributed by atoms with Gasteiger partial charge >= 0.3 is 11.0 Å². The van der Waals surface area contributed by atoms with Crippen LogP contribution in [-0.2, 0) is 19.4 Å². The molecule has 11 heteroatoms. The van der Waals surface area contributed by atoms with E-state index in [0.717, 1.165) is 11.6 Å². The Kier molecular flexibility index (Phi) is 7.46. The Hall–Kier alpha value is -2.79. The highest BCUT2D eigenvalue weighted by molar-refractivity contribution is 7.91. The number of esters is 1. The van der Waals surface area contributed by atoms with E-state index in [4.69, 9.17) is 4.74 Å². The molecule has 156 valence electrons. The van der Waals surface area contributed by atoms with Gasteiger partial charge in [0.15, 0.2) is 9.84 Å². The Balaban J connectivity index is 2.01. The largest absolute Gasteiger partial charge is 0.462 e. The number of thiophene rings is 1. The first-order valence-corrected chi connectivity index (χ1v) is 11.2. The predicted molar refractivity (Wildman–Crippen MR) is 108 cm³/mol. The van der Waals surface area contributed by atoms with Gasteiger partial charge in [0.25, 0.3) is 0 Å². The fourth-order valence-corrected chi connectivity index (χ4v) is 4.59. The second-order valence-corrected chi connectivity index (χ2v) is 9.23. The number of carbonyl (C=O) groups is 2. The van der Waals surface area contributed by atoms with Gasteiger partial charge in [0.2, 0.25) is 5.91 Å². The molecule has 1 amide bonds. The highest BCUT2D eigenvalue weighted by atomic mass is 32.2. The van der Waals surface area contributed by atoms with E-state index < -0.39 is 26.6 Å². The molecule has 0 saturated carbocycles. The number of aryl methyl sites for hydroxylation is 1. The summed E-state index contributed by atoms with van der Waals surface area (Å²) in [5.41, 5.74) is 0.829. The maximum Gasteiger partial charge on any atom is 0.341 e. The highest BCUT2D eigenvalue weighted by Crippen LogP contribution is 2.34. The van der Waals surface area contributed by atoms with Crippen molar-refractivity contribution in [3.8, 4) is 0 Å². The Bertz CT molecular complexity index is 1010. The average molecular weight is 440 g/mol. The van der Waals surface area contributed by atoms with Crippen molar-refractivity contribution in [1.29, 1.82) is 0 Å². The molecule has 0 bridgehead atoms. The van der Waals surface area contributed by atoms with Crippen LogP contribution in [0.4, 0.5) is 10.0 Å². The average Bonchev–Trinajstić information content (AvgIpc) is 3.06. The van der Waals surface area contributed by atoms with E-state index in [1.54, 1.807) is 19.1 Å². The lowest BCUT2D eigenvalue weighted by molar-refractivity contribution is -0.380. The maximum absolute atomic E-state index is 12.3. The van der Waals surface area contributed by atoms with Crippen LogP contribution in [0.1, 0.15) is 35.7 Å². The van der Waals surface area contributed by atoms with Crippen LogP contribution in [0.2, 0.25) is 0 Å². The first kappa shape index (κ1) is 22.5. The van der Waals surface area contributed by atoms with Crippen molar-refractivity contribution in [3.63, 3.8) is 0 Å². The molecule has 0 aliphatic carbocycles. The molecule has 0 atom stereocenters. The standard InChI is InChI=1S/C18H20N2O7S2/c1-3-27-18(22)14-11-16(20(23)24)28-17(14)19-15(21)5-4-10-29(25,26)13-8-6-12(2)7-9-13/h6-9,11H,3-5,10H2,1-2H3,(H,19,21). The minimum Gasteiger partial charge on any atom is -0.462 e. The van der Waals surface area contributed by atoms with Gasteiger partial charge in [0.1, 0.15) is 10.6 Å². The molecule has 1 aromatic carbocycles. The monoisotopic (exact) mass is 440 g/mol. The van der Waals surface area contributed by atoms with Crippen LogP contribution in [0.3, 0.4) is 0 Å². The molecule has 2 aromatic rings. The van der Waals surface area contributed by atoms with E-state index in [1.165, 1.54) is 12.1 Å². The van der Waals surface area contributed by atoms with Crippen LogP contribution in [0.5, 0.6) is 0 Å². The Morgan fingerprint density at radius 2 is 1.90 bits per heavy atom. The number of rotatable bonds is 9. The van der Waals surface area contributed by atoms with E-state index in [9.17, 15) is 28.1 Å². The zero-order chi connectivity index (χ0) is 21.6. The van der Waals surface area contributed by atoms with Crippen LogP contribution in [0.25, 0.3) is 0 Å². The lowest BCUT2D eigenvalue weighted by Crippen LogP contribution is -2.15. The highest BCUT2D eigenvalue weighted by Gasteiger charge is 2.24. The number of amides is 1. The van der Waals surface area contributed by atoms with Gasteiger partial charge < -0.3 is 10.1 Å². The molecule has 2 rings (SSSR count). The van der Waals surface area contributed by atoms with Gasteiger partial charge in [-0.15, -0.1) is 0 Å². The van der Waals surface area contributed by atoms with Crippen LogP contribution in [-0.4, -0.2) is 37.6 Å². The molecule has 1 heterocycles. The van der Waals surface area contributed by atoms with Crippen molar-refractivity contribution < 1.29 is 27.7 Å². The third-order valence-corrected chi connectivity index (χ3v) is 6.66. The molecular formula is C18H20N2O7S2. The molecule has 0 aliphatic rings. The van der Waals surface area contributed by atoms with Crippen molar-refractivity contribution in [2.75, 3.05) is 17.7 Å². The Morgan fingerprint density at radius 3 is 2.48 bits per heavy atom. The molecule has 0 radical (unpaired) electrons. The van der Waals surface area contributed by atoms with Gasteiger partial charge in [-0.3, -0.25) is 14.9 Å². The first-order valence-electron chi connectivity index (χ1n) is 8.68. The van der Waals surface area contributed by atoms with Gasteiger partial charge in [-0.2, -0.15) is 0 Å². The Labute approximate surface area is 171 Å². The van der Waals surface area contributed by atoms with Gasteiger partial charge in [0.05, 0.1) is 22.2 Å². The normalized spacial score (nSPS) is 11.1. The van der Waals surface area contributed by atoms with Crippen molar-refractivity contribution >= 4 is 43.1 Å². The number of nitrogens with one attached hydrogen (secondary N) is 1. The fourth-order valence-electron chi connectivity index (χ4n) is 2.40. The zero-order valence-electron chi connectivity index (χ0n) is 15.8. The van der Waals surface area contributed by atoms with E-state index >= 15 is 0 Å². The second-order valence-electron chi connectivity index (χ2n) is 6.09. The molecule has 1 N–H and O–H groups in total. The minimum atomic E-state index is -3.52. The van der Waals surface area contributed by atoms with E-state index in [-0.39, 0.29) is 45.7 Å². The van der Waals surface area contributed by atoms with Crippen LogP contribution >= 0.6 is 11.3 Å². The van der Waals surface area contributed by atoms with Crippen LogP contribution < -0.4 is 5.32 Å². The molecule has 0 saturated heterocycles. The summed E-state index contributed by atoms with van der Waals surface area (Å²) in [6.07, 6.45) is -0.0662. The lowest BCUT2D eigenvalue weighted by Gasteiger charge is -2.07. The maximum atomic E-state index is 12.3. The molecule has 29 heavy (non-hydrogen) atoms. The van der Waals surface area contributed by atoms with E-state index in [2.05, 4.69) is 5.32 Å². The van der Waals surface area contributed by atoms with Crippen molar-refractivity contribution in [2.24, 2.45) is 0 Å². The summed E-state index contributed by atoms with van der Waals surface area (Å²) >= 11 is 0.637. The fraction of sp³-hybridized carbons (Fsp3) is 0.333. The van der Waals surface area contributed by atoms with E-state index in [1.807, 2.05) is 6.92 Å².